The van der Waals surface area contributed by atoms with Crippen LogP contribution in [-0.4, -0.2) is 34.2 Å². The predicted octanol–water partition coefficient (Wildman–Crippen LogP) is -0.468. The number of hydrogen-bond donors (Lipinski definition) is 1. The second-order valence-corrected chi connectivity index (χ2v) is 6.64. The van der Waals surface area contributed by atoms with Gasteiger partial charge in [0.25, 0.3) is 5.56 Å². The van der Waals surface area contributed by atoms with Gasteiger partial charge in [-0.25, -0.2) is 14.2 Å². The van der Waals surface area contributed by atoms with Crippen LogP contribution in [0.4, 0.5) is 0 Å². The molecule has 1 N–H and O–H groups in total. The first kappa shape index (κ1) is 19.4. The second kappa shape index (κ2) is 7.99. The Bertz CT molecular complexity index is 875. The minimum Gasteiger partial charge on any atom is -0.467 e. The zero-order valence-electron chi connectivity index (χ0n) is 15.1. The Morgan fingerprint density at radius 2 is 2.04 bits per heavy atom. The van der Waals surface area contributed by atoms with Crippen molar-refractivity contribution < 1.29 is 14.3 Å². The maximum atomic E-state index is 12.5. The van der Waals surface area contributed by atoms with Crippen LogP contribution in [0.2, 0.25) is 0 Å². The molecule has 9 nitrogen and oxygen atoms in total. The molecule has 140 valence electrons. The molecule has 0 aliphatic carbocycles. The van der Waals surface area contributed by atoms with E-state index >= 15 is 0 Å². The van der Waals surface area contributed by atoms with Gasteiger partial charge in [0.05, 0.1) is 7.11 Å². The molecule has 0 unspecified atom stereocenters. The van der Waals surface area contributed by atoms with Crippen LogP contribution in [0, 0.1) is 17.2 Å². The van der Waals surface area contributed by atoms with Gasteiger partial charge in [-0.15, -0.1) is 0 Å². The van der Waals surface area contributed by atoms with E-state index in [9.17, 15) is 24.4 Å². The number of esters is 1. The summed E-state index contributed by atoms with van der Waals surface area (Å²) in [6.45, 7) is 3.62. The number of ether oxygens (including phenoxy) is 1. The Hall–Kier alpha value is -2.89. The van der Waals surface area contributed by atoms with E-state index in [4.69, 9.17) is 0 Å². The largest absolute Gasteiger partial charge is 0.467 e. The smallest absolute Gasteiger partial charge is 0.331 e. The van der Waals surface area contributed by atoms with E-state index in [1.54, 1.807) is 0 Å². The van der Waals surface area contributed by atoms with Gasteiger partial charge < -0.3 is 10.1 Å². The average molecular weight is 362 g/mol. The minimum atomic E-state index is -0.865. The molecule has 0 aromatic carbocycles. The van der Waals surface area contributed by atoms with Crippen molar-refractivity contribution in [2.24, 2.45) is 5.92 Å². The topological polar surface area (TPSA) is 123 Å². The van der Waals surface area contributed by atoms with Crippen molar-refractivity contribution in [1.29, 1.82) is 5.26 Å². The van der Waals surface area contributed by atoms with Crippen molar-refractivity contribution in [1.82, 2.24) is 14.5 Å². The van der Waals surface area contributed by atoms with E-state index < -0.39 is 35.7 Å². The minimum absolute atomic E-state index is 0.110. The molecular weight excluding hydrogens is 340 g/mol. The Kier molecular flexibility index (Phi) is 5.97. The number of nitrogens with one attached hydrogen (secondary N) is 1. The molecule has 1 aromatic rings. The Labute approximate surface area is 150 Å². The zero-order chi connectivity index (χ0) is 19.4. The maximum Gasteiger partial charge on any atom is 0.331 e. The van der Waals surface area contributed by atoms with Gasteiger partial charge in [0, 0.05) is 12.2 Å². The summed E-state index contributed by atoms with van der Waals surface area (Å²) >= 11 is 0. The number of nitriles is 1. The van der Waals surface area contributed by atoms with Crippen molar-refractivity contribution in [2.75, 3.05) is 7.11 Å². The molecule has 26 heavy (non-hydrogen) atoms. The van der Waals surface area contributed by atoms with Crippen LogP contribution in [0.5, 0.6) is 0 Å². The molecule has 0 spiro atoms. The van der Waals surface area contributed by atoms with Gasteiger partial charge in [-0.3, -0.25) is 14.2 Å². The summed E-state index contributed by atoms with van der Waals surface area (Å²) in [5.74, 6) is -1.14. The van der Waals surface area contributed by atoms with Gasteiger partial charge in [-0.1, -0.05) is 13.8 Å². The lowest BCUT2D eigenvalue weighted by atomic mass is 10.0. The standard InChI is InChI=1S/C17H22N4O5/c1-10(2)7-12(16(24)26-3)19-14(22)9-21-15(23)11(8-18)13-5-4-6-20(13)17(21)25/h10,12H,4-7,9H2,1-3H3,(H,19,22)/t12-/m0/s1. The van der Waals surface area contributed by atoms with Crippen LogP contribution in [0.25, 0.3) is 0 Å². The van der Waals surface area contributed by atoms with Crippen molar-refractivity contribution in [3.63, 3.8) is 0 Å². The van der Waals surface area contributed by atoms with Crippen LogP contribution in [0.1, 0.15) is 37.9 Å². The molecule has 0 saturated heterocycles. The summed E-state index contributed by atoms with van der Waals surface area (Å²) in [6.07, 6.45) is 1.51. The number of amides is 1. The summed E-state index contributed by atoms with van der Waals surface area (Å²) < 4.78 is 6.78. The fourth-order valence-electron chi connectivity index (χ4n) is 3.10. The summed E-state index contributed by atoms with van der Waals surface area (Å²) in [4.78, 5) is 49.0. The Morgan fingerprint density at radius 1 is 1.35 bits per heavy atom. The molecule has 9 heteroatoms. The zero-order valence-corrected chi connectivity index (χ0v) is 15.1. The molecule has 0 saturated carbocycles. The van der Waals surface area contributed by atoms with Crippen LogP contribution in [0.15, 0.2) is 9.59 Å². The molecule has 0 bridgehead atoms. The fraction of sp³-hybridized carbons (Fsp3) is 0.588. The van der Waals surface area contributed by atoms with Gasteiger partial charge in [-0.2, -0.15) is 5.26 Å². The van der Waals surface area contributed by atoms with Crippen molar-refractivity contribution in [3.05, 3.63) is 32.1 Å². The highest BCUT2D eigenvalue weighted by Gasteiger charge is 2.26. The first-order chi connectivity index (χ1) is 12.3. The third-order valence-electron chi connectivity index (χ3n) is 4.27. The van der Waals surface area contributed by atoms with E-state index in [0.29, 0.717) is 31.5 Å². The van der Waals surface area contributed by atoms with Gasteiger partial charge in [-0.05, 0) is 25.2 Å². The summed E-state index contributed by atoms with van der Waals surface area (Å²) in [5, 5.41) is 11.7. The molecule has 2 heterocycles. The first-order valence-electron chi connectivity index (χ1n) is 8.44. The normalized spacial score (nSPS) is 13.8. The number of aromatic nitrogens is 2. The molecule has 1 aliphatic heterocycles. The van der Waals surface area contributed by atoms with Gasteiger partial charge in [0.15, 0.2) is 0 Å². The van der Waals surface area contributed by atoms with E-state index in [-0.39, 0.29) is 11.5 Å². The summed E-state index contributed by atoms with van der Waals surface area (Å²) in [5.41, 5.74) is -1.08. The number of hydrogen-bond acceptors (Lipinski definition) is 6. The molecule has 1 atom stereocenters. The number of methoxy groups -OCH3 is 1. The molecular formula is C17H22N4O5. The second-order valence-electron chi connectivity index (χ2n) is 6.64. The molecule has 1 aliphatic rings. The third-order valence-corrected chi connectivity index (χ3v) is 4.27. The lowest BCUT2D eigenvalue weighted by Gasteiger charge is -2.18. The number of carbonyl (C=O) groups is 2. The fourth-order valence-corrected chi connectivity index (χ4v) is 3.10. The molecule has 1 aromatic heterocycles. The Balaban J connectivity index is 2.30. The average Bonchev–Trinajstić information content (AvgIpc) is 3.07. The number of rotatable bonds is 6. The lowest BCUT2D eigenvalue weighted by Crippen LogP contribution is -2.48. The lowest BCUT2D eigenvalue weighted by molar-refractivity contribution is -0.145. The monoisotopic (exact) mass is 362 g/mol. The van der Waals surface area contributed by atoms with E-state index in [2.05, 4.69) is 10.1 Å². The quantitative estimate of drug-likeness (QED) is 0.683. The van der Waals surface area contributed by atoms with Crippen LogP contribution in [0.3, 0.4) is 0 Å². The third kappa shape index (κ3) is 3.85. The number of nitrogens with zero attached hydrogens (tertiary/aromatic N) is 3. The van der Waals surface area contributed by atoms with Gasteiger partial charge >= 0.3 is 11.7 Å². The SMILES string of the molecule is COC(=O)[C@H](CC(C)C)NC(=O)Cn1c(=O)c(C#N)c2n(c1=O)CCC2. The van der Waals surface area contributed by atoms with Crippen LogP contribution >= 0.6 is 0 Å². The van der Waals surface area contributed by atoms with E-state index in [1.165, 1.54) is 11.7 Å². The highest BCUT2D eigenvalue weighted by Crippen LogP contribution is 2.13. The number of carbonyl (C=O) groups excluding carboxylic acids is 2. The van der Waals surface area contributed by atoms with Crippen LogP contribution in [-0.2, 0) is 33.8 Å². The summed E-state index contributed by atoms with van der Waals surface area (Å²) in [7, 11) is 1.22. The molecule has 0 radical (unpaired) electrons. The van der Waals surface area contributed by atoms with E-state index in [0.717, 1.165) is 4.57 Å². The van der Waals surface area contributed by atoms with Crippen LogP contribution < -0.4 is 16.6 Å². The predicted molar refractivity (Wildman–Crippen MR) is 91.4 cm³/mol. The van der Waals surface area contributed by atoms with Crippen molar-refractivity contribution >= 4 is 11.9 Å². The van der Waals surface area contributed by atoms with Gasteiger partial charge in [0.1, 0.15) is 24.2 Å². The Morgan fingerprint density at radius 3 is 2.62 bits per heavy atom. The van der Waals surface area contributed by atoms with E-state index in [1.807, 2.05) is 19.9 Å². The maximum absolute atomic E-state index is 12.5. The first-order valence-corrected chi connectivity index (χ1v) is 8.44. The van der Waals surface area contributed by atoms with Crippen molar-refractivity contribution in [3.8, 4) is 6.07 Å². The van der Waals surface area contributed by atoms with Crippen molar-refractivity contribution in [2.45, 2.75) is 52.2 Å². The summed E-state index contributed by atoms with van der Waals surface area (Å²) in [6, 6.07) is 0.967. The highest BCUT2D eigenvalue weighted by atomic mass is 16.5. The van der Waals surface area contributed by atoms with Gasteiger partial charge in [0.2, 0.25) is 5.91 Å². The molecule has 1 amide bonds. The molecule has 0 fully saturated rings. The highest BCUT2D eigenvalue weighted by molar-refractivity contribution is 5.84. The molecule has 2 rings (SSSR count). The number of fused-ring (bicyclic) bond motifs is 1.